The second-order valence-electron chi connectivity index (χ2n) is 5.64. The molecule has 0 unspecified atom stereocenters. The van der Waals surface area contributed by atoms with Crippen molar-refractivity contribution in [3.05, 3.63) is 69.2 Å². The molecule has 0 saturated carbocycles. The highest BCUT2D eigenvalue weighted by atomic mass is 79.9. The molecule has 0 aliphatic rings. The smallest absolute Gasteiger partial charge is 0.252 e. The Hall–Kier alpha value is -1.36. The number of carbonyl (C=O) groups is 1. The van der Waals surface area contributed by atoms with Crippen LogP contribution in [-0.2, 0) is 6.42 Å². The summed E-state index contributed by atoms with van der Waals surface area (Å²) in [6.45, 7) is 0.559. The number of hydrogen-bond acceptors (Lipinski definition) is 2. The molecule has 2 aromatic rings. The van der Waals surface area contributed by atoms with Gasteiger partial charge in [-0.15, -0.1) is 0 Å². The summed E-state index contributed by atoms with van der Waals surface area (Å²) < 4.78 is 0.834. The lowest BCUT2D eigenvalue weighted by Crippen LogP contribution is -2.41. The molecule has 0 aromatic heterocycles. The summed E-state index contributed by atoms with van der Waals surface area (Å²) in [6.07, 6.45) is 0.875. The van der Waals surface area contributed by atoms with Crippen molar-refractivity contribution in [2.45, 2.75) is 12.5 Å². The van der Waals surface area contributed by atoms with Crippen molar-refractivity contribution in [3.8, 4) is 0 Å². The van der Waals surface area contributed by atoms with Crippen LogP contribution in [0.15, 0.2) is 53.0 Å². The van der Waals surface area contributed by atoms with Crippen LogP contribution in [0.1, 0.15) is 15.9 Å². The van der Waals surface area contributed by atoms with Gasteiger partial charge in [-0.2, -0.15) is 0 Å². The molecule has 0 spiro atoms. The van der Waals surface area contributed by atoms with Crippen molar-refractivity contribution in [1.82, 2.24) is 10.2 Å². The maximum absolute atomic E-state index is 12.4. The molecule has 122 valence electrons. The number of likely N-dealkylation sites (N-methyl/N-ethyl adjacent to an activating group) is 1. The molecule has 0 saturated heterocycles. The number of amides is 1. The van der Waals surface area contributed by atoms with E-state index in [1.54, 1.807) is 12.1 Å². The predicted octanol–water partition coefficient (Wildman–Crippen LogP) is 4.01. The topological polar surface area (TPSA) is 32.3 Å². The summed E-state index contributed by atoms with van der Waals surface area (Å²) in [7, 11) is 4.04. The zero-order valence-corrected chi connectivity index (χ0v) is 15.6. The van der Waals surface area contributed by atoms with Gasteiger partial charge in [0.15, 0.2) is 0 Å². The highest BCUT2D eigenvalue weighted by Gasteiger charge is 2.16. The fourth-order valence-corrected chi connectivity index (χ4v) is 2.87. The molecule has 0 bridgehead atoms. The third-order valence-corrected chi connectivity index (χ3v) is 4.54. The van der Waals surface area contributed by atoms with Crippen LogP contribution in [0.3, 0.4) is 0 Å². The van der Waals surface area contributed by atoms with Gasteiger partial charge in [0.25, 0.3) is 5.91 Å². The summed E-state index contributed by atoms with van der Waals surface area (Å²) in [6, 6.07) is 15.7. The van der Waals surface area contributed by atoms with Crippen LogP contribution in [-0.4, -0.2) is 37.5 Å². The van der Waals surface area contributed by atoms with Crippen molar-refractivity contribution in [2.75, 3.05) is 20.6 Å². The molecule has 23 heavy (non-hydrogen) atoms. The van der Waals surface area contributed by atoms with Crippen LogP contribution in [0.25, 0.3) is 0 Å². The van der Waals surface area contributed by atoms with Crippen LogP contribution < -0.4 is 5.32 Å². The number of hydrogen-bond donors (Lipinski definition) is 1. The lowest BCUT2D eigenvalue weighted by molar-refractivity contribution is 0.0942. The van der Waals surface area contributed by atoms with Gasteiger partial charge in [0.1, 0.15) is 0 Å². The first-order valence-corrected chi connectivity index (χ1v) is 8.58. The Kier molecular flexibility index (Phi) is 6.63. The van der Waals surface area contributed by atoms with Crippen molar-refractivity contribution >= 4 is 33.4 Å². The third kappa shape index (κ3) is 5.34. The van der Waals surface area contributed by atoms with Crippen LogP contribution in [0.2, 0.25) is 5.02 Å². The molecular formula is C18H20BrClN2O. The first-order chi connectivity index (χ1) is 11.0. The lowest BCUT2D eigenvalue weighted by atomic mass is 10.0. The summed E-state index contributed by atoms with van der Waals surface area (Å²) in [5, 5.41) is 3.44. The van der Waals surface area contributed by atoms with Gasteiger partial charge in [0.2, 0.25) is 0 Å². The molecule has 1 N–H and O–H groups in total. The van der Waals surface area contributed by atoms with Gasteiger partial charge in [0.05, 0.1) is 10.6 Å². The minimum Gasteiger partial charge on any atom is -0.350 e. The summed E-state index contributed by atoms with van der Waals surface area (Å²) in [5.74, 6) is -0.156. The van der Waals surface area contributed by atoms with Gasteiger partial charge in [-0.25, -0.2) is 0 Å². The Bertz CT molecular complexity index is 661. The van der Waals surface area contributed by atoms with Gasteiger partial charge in [-0.3, -0.25) is 4.79 Å². The van der Waals surface area contributed by atoms with E-state index in [1.807, 2.05) is 38.4 Å². The molecule has 2 rings (SSSR count). The quantitative estimate of drug-likeness (QED) is 0.801. The third-order valence-electron chi connectivity index (χ3n) is 3.72. The molecule has 1 amide bonds. The van der Waals surface area contributed by atoms with E-state index in [4.69, 9.17) is 11.6 Å². The zero-order chi connectivity index (χ0) is 16.8. The Morgan fingerprint density at radius 1 is 1.22 bits per heavy atom. The first-order valence-electron chi connectivity index (χ1n) is 7.41. The van der Waals surface area contributed by atoms with Gasteiger partial charge < -0.3 is 10.2 Å². The normalized spacial score (nSPS) is 12.2. The molecule has 5 heteroatoms. The zero-order valence-electron chi connectivity index (χ0n) is 13.2. The largest absolute Gasteiger partial charge is 0.350 e. The second-order valence-corrected chi connectivity index (χ2v) is 6.96. The number of rotatable bonds is 6. The standard InChI is InChI=1S/C18H20BrClN2O/c1-22(2)15(10-13-6-4-3-5-7-13)12-21-18(23)16-11-14(19)8-9-17(16)20/h3-9,11,15H,10,12H2,1-2H3,(H,21,23)/t15-/m1/s1. The average Bonchev–Trinajstić information content (AvgIpc) is 2.54. The van der Waals surface area contributed by atoms with Gasteiger partial charge in [0, 0.05) is 17.1 Å². The van der Waals surface area contributed by atoms with Gasteiger partial charge in [-0.05, 0) is 44.3 Å². The van der Waals surface area contributed by atoms with E-state index in [0.717, 1.165) is 10.9 Å². The number of nitrogens with zero attached hydrogens (tertiary/aromatic N) is 1. The maximum Gasteiger partial charge on any atom is 0.252 e. The Balaban J connectivity index is 2.01. The van der Waals surface area contributed by atoms with Crippen molar-refractivity contribution in [3.63, 3.8) is 0 Å². The average molecular weight is 396 g/mol. The molecule has 0 heterocycles. The highest BCUT2D eigenvalue weighted by Crippen LogP contribution is 2.20. The van der Waals surface area contributed by atoms with E-state index >= 15 is 0 Å². The van der Waals surface area contributed by atoms with E-state index in [9.17, 15) is 4.79 Å². The molecule has 3 nitrogen and oxygen atoms in total. The Morgan fingerprint density at radius 2 is 1.91 bits per heavy atom. The van der Waals surface area contributed by atoms with Crippen molar-refractivity contribution in [1.29, 1.82) is 0 Å². The molecule has 0 aliphatic heterocycles. The molecule has 1 atom stereocenters. The molecule has 0 radical (unpaired) electrons. The lowest BCUT2D eigenvalue weighted by Gasteiger charge is -2.25. The summed E-state index contributed by atoms with van der Waals surface area (Å²) in [5.41, 5.74) is 1.74. The predicted molar refractivity (Wildman–Crippen MR) is 99.1 cm³/mol. The molecule has 0 aliphatic carbocycles. The summed E-state index contributed by atoms with van der Waals surface area (Å²) >= 11 is 9.47. The fraction of sp³-hybridized carbons (Fsp3) is 0.278. The monoisotopic (exact) mass is 394 g/mol. The van der Waals surface area contributed by atoms with E-state index in [1.165, 1.54) is 5.56 Å². The minimum absolute atomic E-state index is 0.156. The summed E-state index contributed by atoms with van der Waals surface area (Å²) in [4.78, 5) is 14.5. The van der Waals surface area contributed by atoms with Crippen molar-refractivity contribution < 1.29 is 4.79 Å². The SMILES string of the molecule is CN(C)[C@@H](CNC(=O)c1cc(Br)ccc1Cl)Cc1ccccc1. The first kappa shape index (κ1) is 18.0. The Morgan fingerprint density at radius 3 is 2.57 bits per heavy atom. The molecular weight excluding hydrogens is 376 g/mol. The number of benzene rings is 2. The second kappa shape index (κ2) is 8.48. The van der Waals surface area contributed by atoms with E-state index in [0.29, 0.717) is 17.1 Å². The minimum atomic E-state index is -0.156. The van der Waals surface area contributed by atoms with Gasteiger partial charge in [-0.1, -0.05) is 57.9 Å². The molecule has 0 fully saturated rings. The fourth-order valence-electron chi connectivity index (χ4n) is 2.30. The van der Waals surface area contributed by atoms with E-state index < -0.39 is 0 Å². The van der Waals surface area contributed by atoms with Crippen LogP contribution in [0.5, 0.6) is 0 Å². The van der Waals surface area contributed by atoms with Crippen LogP contribution in [0.4, 0.5) is 0 Å². The number of carbonyl (C=O) groups excluding carboxylic acids is 1. The number of nitrogens with one attached hydrogen (secondary N) is 1. The van der Waals surface area contributed by atoms with E-state index in [-0.39, 0.29) is 11.9 Å². The van der Waals surface area contributed by atoms with Crippen LogP contribution >= 0.6 is 27.5 Å². The van der Waals surface area contributed by atoms with Gasteiger partial charge >= 0.3 is 0 Å². The molecule has 2 aromatic carbocycles. The highest BCUT2D eigenvalue weighted by molar-refractivity contribution is 9.10. The maximum atomic E-state index is 12.4. The van der Waals surface area contributed by atoms with E-state index in [2.05, 4.69) is 38.3 Å². The van der Waals surface area contributed by atoms with Crippen molar-refractivity contribution in [2.24, 2.45) is 0 Å². The Labute approximate surface area is 150 Å². The van der Waals surface area contributed by atoms with Crippen LogP contribution in [0, 0.1) is 0 Å². The number of halogens is 2.